The summed E-state index contributed by atoms with van der Waals surface area (Å²) in [6.07, 6.45) is -0.943. The van der Waals surface area contributed by atoms with Gasteiger partial charge in [-0.2, -0.15) is 0 Å². The third-order valence-electron chi connectivity index (χ3n) is 7.54. The Morgan fingerprint density at radius 1 is 0.764 bits per heavy atom. The number of carbonyl (C=O) groups is 3. The molecular weight excluding hydrogens is 774 g/mol. The zero-order chi connectivity index (χ0) is 40.1. The molecule has 0 aliphatic carbocycles. The van der Waals surface area contributed by atoms with E-state index in [2.05, 4.69) is 15.5 Å². The van der Waals surface area contributed by atoms with E-state index in [9.17, 15) is 29.1 Å². The number of anilines is 1. The topological polar surface area (TPSA) is 184 Å². The van der Waals surface area contributed by atoms with Crippen LogP contribution in [0.5, 0.6) is 5.75 Å². The van der Waals surface area contributed by atoms with Crippen LogP contribution in [0.3, 0.4) is 0 Å². The first-order valence-electron chi connectivity index (χ1n) is 17.1. The fraction of sp³-hybridized carbons (Fsp3) is 0.289. The third-order valence-corrected chi connectivity index (χ3v) is 9.86. The summed E-state index contributed by atoms with van der Waals surface area (Å²) >= 11 is 12.4. The van der Waals surface area contributed by atoms with Crippen LogP contribution >= 0.6 is 30.9 Å². The van der Waals surface area contributed by atoms with E-state index >= 15 is 0 Å². The molecule has 0 heterocycles. The lowest BCUT2D eigenvalue weighted by Crippen LogP contribution is -2.47. The van der Waals surface area contributed by atoms with Crippen LogP contribution in [-0.2, 0) is 41.0 Å². The van der Waals surface area contributed by atoms with E-state index < -0.39 is 61.5 Å². The number of hydrogen-bond donors (Lipinski definition) is 3. The van der Waals surface area contributed by atoms with Crippen molar-refractivity contribution in [3.05, 3.63) is 134 Å². The first kappa shape index (κ1) is 42.9. The number of carbonyl (C=O) groups excluding carboxylic acids is 3. The van der Waals surface area contributed by atoms with Gasteiger partial charge in [-0.05, 0) is 75.9 Å². The molecule has 0 aliphatic rings. The Balaban J connectivity index is 1.65. The van der Waals surface area contributed by atoms with Crippen LogP contribution in [0, 0.1) is 10.1 Å². The molecule has 0 saturated heterocycles. The van der Waals surface area contributed by atoms with Crippen molar-refractivity contribution in [2.75, 3.05) is 12.1 Å². The largest absolute Gasteiger partial charge is 0.466 e. The summed E-state index contributed by atoms with van der Waals surface area (Å²) in [5.74, 6) is -2.26. The fourth-order valence-corrected chi connectivity index (χ4v) is 7.13. The normalized spacial score (nSPS) is 12.5. The van der Waals surface area contributed by atoms with Gasteiger partial charge in [-0.15, -0.1) is 0 Å². The third kappa shape index (κ3) is 13.5. The maximum Gasteiger partial charge on any atom is 0.345 e. The van der Waals surface area contributed by atoms with Crippen molar-refractivity contribution in [3.8, 4) is 5.75 Å². The van der Waals surface area contributed by atoms with E-state index in [0.717, 1.165) is 6.07 Å². The van der Waals surface area contributed by atoms with Gasteiger partial charge in [0.2, 0.25) is 0 Å². The van der Waals surface area contributed by atoms with Crippen LogP contribution in [0.15, 0.2) is 97.1 Å². The quantitative estimate of drug-likeness (QED) is 0.0274. The van der Waals surface area contributed by atoms with Gasteiger partial charge in [-0.25, -0.2) is 10.2 Å². The molecule has 14 nitrogen and oxygen atoms in total. The van der Waals surface area contributed by atoms with Crippen LogP contribution < -0.4 is 20.2 Å². The van der Waals surface area contributed by atoms with Crippen LogP contribution in [0.2, 0.25) is 10.0 Å². The van der Waals surface area contributed by atoms with E-state index in [-0.39, 0.29) is 45.6 Å². The van der Waals surface area contributed by atoms with E-state index in [0.29, 0.717) is 11.1 Å². The van der Waals surface area contributed by atoms with Crippen molar-refractivity contribution < 1.29 is 42.6 Å². The van der Waals surface area contributed by atoms with Gasteiger partial charge in [0, 0.05) is 17.2 Å². The molecular formula is C38H41Cl2N4O10P. The zero-order valence-corrected chi connectivity index (χ0v) is 32.8. The highest BCUT2D eigenvalue weighted by Crippen LogP contribution is 2.40. The molecule has 1 amide bonds. The second-order valence-electron chi connectivity index (χ2n) is 12.7. The number of non-ortho nitro benzene ring substituents is 1. The van der Waals surface area contributed by atoms with Gasteiger partial charge in [-0.3, -0.25) is 33.6 Å². The summed E-state index contributed by atoms with van der Waals surface area (Å²) in [5, 5.41) is 19.4. The Labute approximate surface area is 328 Å². The van der Waals surface area contributed by atoms with Crippen LogP contribution in [0.4, 0.5) is 11.4 Å². The maximum atomic E-state index is 14.9. The number of esters is 2. The molecule has 4 rings (SSSR count). The lowest BCUT2D eigenvalue weighted by Gasteiger charge is -2.29. The molecule has 0 radical (unpaired) electrons. The standard InChI is InChI=1S/C38H41Cl2N4O10P/c1-24(2)53-37(46)33(19-26-11-7-5-8-12-26)42-55(50,43-34(38(47)54-25(3)4)20-27-13-9-6-10-14-27)52-23-51-35-18-15-28(39)21-30(35)36(45)41-32-17-16-29(44(48)49)22-31(32)40/h5-18,21-22,24-25,33-34H,19-20,23H2,1-4H3,(H,41,45)(H2,42,43,50)/t33-,34-/m0/s1. The summed E-state index contributed by atoms with van der Waals surface area (Å²) in [6.45, 7) is 5.92. The summed E-state index contributed by atoms with van der Waals surface area (Å²) in [5.41, 5.74) is 1.14. The molecule has 0 fully saturated rings. The van der Waals surface area contributed by atoms with Crippen molar-refractivity contribution >= 4 is 60.1 Å². The number of nitro groups is 1. The summed E-state index contributed by atoms with van der Waals surface area (Å²) in [6, 6.07) is 23.1. The molecule has 0 spiro atoms. The highest BCUT2D eigenvalue weighted by molar-refractivity contribution is 7.54. The molecule has 0 saturated carbocycles. The smallest absolute Gasteiger partial charge is 0.345 e. The molecule has 2 atom stereocenters. The summed E-state index contributed by atoms with van der Waals surface area (Å²) < 4.78 is 37.6. The molecule has 55 heavy (non-hydrogen) atoms. The minimum Gasteiger partial charge on any atom is -0.466 e. The van der Waals surface area contributed by atoms with Crippen molar-refractivity contribution in [1.29, 1.82) is 0 Å². The van der Waals surface area contributed by atoms with Gasteiger partial charge in [-0.1, -0.05) is 83.9 Å². The van der Waals surface area contributed by atoms with E-state index in [1.165, 1.54) is 30.3 Å². The van der Waals surface area contributed by atoms with Gasteiger partial charge < -0.3 is 19.5 Å². The number of ether oxygens (including phenoxy) is 3. The van der Waals surface area contributed by atoms with E-state index in [1.807, 2.05) is 12.1 Å². The summed E-state index contributed by atoms with van der Waals surface area (Å²) in [7, 11) is -4.49. The minimum atomic E-state index is -4.49. The van der Waals surface area contributed by atoms with Gasteiger partial charge in [0.25, 0.3) is 11.6 Å². The Kier molecular flexibility index (Phi) is 15.8. The SMILES string of the molecule is CC(C)OC(=O)[C@H](Cc1ccccc1)NP(=O)(N[C@@H](Cc1ccccc1)C(=O)OC(C)C)OCOc1ccc(Cl)cc1C(=O)Nc1ccc([N+](=O)[O-])cc1Cl. The molecule has 0 aromatic heterocycles. The Morgan fingerprint density at radius 3 is 1.76 bits per heavy atom. The van der Waals surface area contributed by atoms with Crippen molar-refractivity contribution in [2.45, 2.75) is 64.8 Å². The Hall–Kier alpha value is -4.82. The predicted octanol–water partition coefficient (Wildman–Crippen LogP) is 7.92. The van der Waals surface area contributed by atoms with Crippen LogP contribution in [0.1, 0.15) is 49.2 Å². The monoisotopic (exact) mass is 814 g/mol. The number of amides is 1. The predicted molar refractivity (Wildman–Crippen MR) is 208 cm³/mol. The molecule has 3 N–H and O–H groups in total. The van der Waals surface area contributed by atoms with Gasteiger partial charge in [0.05, 0.1) is 33.4 Å². The lowest BCUT2D eigenvalue weighted by atomic mass is 10.1. The average molecular weight is 816 g/mol. The van der Waals surface area contributed by atoms with Crippen molar-refractivity contribution in [2.24, 2.45) is 0 Å². The number of rotatable bonds is 19. The van der Waals surface area contributed by atoms with E-state index in [4.69, 9.17) is 41.9 Å². The molecule has 0 unspecified atom stereocenters. The van der Waals surface area contributed by atoms with Crippen LogP contribution in [-0.4, -0.2) is 53.9 Å². The maximum absolute atomic E-state index is 14.9. The first-order valence-corrected chi connectivity index (χ1v) is 19.5. The number of nitrogens with one attached hydrogen (secondary N) is 3. The Morgan fingerprint density at radius 2 is 1.29 bits per heavy atom. The second kappa shape index (κ2) is 20.2. The molecule has 4 aromatic rings. The highest BCUT2D eigenvalue weighted by Gasteiger charge is 2.37. The Bertz CT molecular complexity index is 1930. The number of benzene rings is 4. The van der Waals surface area contributed by atoms with Gasteiger partial charge >= 0.3 is 19.6 Å². The first-order chi connectivity index (χ1) is 26.1. The molecule has 0 bridgehead atoms. The van der Waals surface area contributed by atoms with E-state index in [1.54, 1.807) is 76.2 Å². The molecule has 4 aromatic carbocycles. The van der Waals surface area contributed by atoms with Gasteiger partial charge in [0.15, 0.2) is 6.79 Å². The number of halogens is 2. The fourth-order valence-electron chi connectivity index (χ4n) is 5.09. The minimum absolute atomic E-state index is 0.0365. The molecule has 0 aliphatic heterocycles. The van der Waals surface area contributed by atoms with Crippen molar-refractivity contribution in [3.63, 3.8) is 0 Å². The number of hydrogen-bond acceptors (Lipinski definition) is 10. The number of nitrogens with zero attached hydrogens (tertiary/aromatic N) is 1. The van der Waals surface area contributed by atoms with Crippen LogP contribution in [0.25, 0.3) is 0 Å². The van der Waals surface area contributed by atoms with Gasteiger partial charge in [0.1, 0.15) is 17.8 Å². The second-order valence-corrected chi connectivity index (χ2v) is 15.4. The molecule has 17 heteroatoms. The zero-order valence-electron chi connectivity index (χ0n) is 30.4. The lowest BCUT2D eigenvalue weighted by molar-refractivity contribution is -0.384. The highest BCUT2D eigenvalue weighted by atomic mass is 35.5. The number of nitro benzene ring substituents is 1. The molecule has 292 valence electrons. The summed E-state index contributed by atoms with van der Waals surface area (Å²) in [4.78, 5) is 50.8. The van der Waals surface area contributed by atoms with Crippen molar-refractivity contribution in [1.82, 2.24) is 10.2 Å². The average Bonchev–Trinajstić information content (AvgIpc) is 3.12.